The number of aliphatic imine (C=N–C) groups is 1. The van der Waals surface area contributed by atoms with Crippen molar-refractivity contribution in [3.8, 4) is 5.75 Å². The third-order valence-corrected chi connectivity index (χ3v) is 4.33. The Morgan fingerprint density at radius 3 is 2.39 bits per heavy atom. The van der Waals surface area contributed by atoms with Crippen molar-refractivity contribution >= 4 is 17.6 Å². The second kappa shape index (κ2) is 12.2. The second-order valence-corrected chi connectivity index (χ2v) is 7.26. The highest BCUT2D eigenvalue weighted by Gasteiger charge is 2.12. The molecule has 0 aliphatic rings. The molecule has 28 heavy (non-hydrogen) atoms. The maximum Gasteiger partial charge on any atom is 0.221 e. The average Bonchev–Trinajstić information content (AvgIpc) is 2.62. The molecule has 0 saturated carbocycles. The highest BCUT2D eigenvalue weighted by molar-refractivity contribution is 5.90. The number of hydrogen-bond acceptors (Lipinski definition) is 4. The standard InChI is InChI=1S/C21H37N5O2/c1-8-22-21(23-11-12-26(15(2)3)16(4)5)24-14-18-9-10-20(28-7)19(13-18)25-17(6)27/h9-10,13,15-16H,8,11-12,14H2,1-7H3,(H,25,27)(H2,22,23,24). The molecule has 0 spiro atoms. The van der Waals surface area contributed by atoms with E-state index in [1.54, 1.807) is 7.11 Å². The Balaban J connectivity index is 2.77. The van der Waals surface area contributed by atoms with Crippen molar-refractivity contribution in [3.63, 3.8) is 0 Å². The van der Waals surface area contributed by atoms with Crippen LogP contribution in [0.3, 0.4) is 0 Å². The van der Waals surface area contributed by atoms with E-state index in [4.69, 9.17) is 4.74 Å². The number of anilines is 1. The number of amides is 1. The van der Waals surface area contributed by atoms with Gasteiger partial charge in [-0.15, -0.1) is 0 Å². The first-order valence-electron chi connectivity index (χ1n) is 10.0. The Morgan fingerprint density at radius 1 is 1.18 bits per heavy atom. The molecule has 1 amide bonds. The summed E-state index contributed by atoms with van der Waals surface area (Å²) < 4.78 is 5.30. The van der Waals surface area contributed by atoms with Crippen LogP contribution in [-0.2, 0) is 11.3 Å². The molecule has 0 saturated heterocycles. The lowest BCUT2D eigenvalue weighted by molar-refractivity contribution is -0.114. The zero-order chi connectivity index (χ0) is 21.1. The molecule has 0 bridgehead atoms. The summed E-state index contributed by atoms with van der Waals surface area (Å²) in [5.74, 6) is 1.29. The van der Waals surface area contributed by atoms with Crippen LogP contribution in [0.5, 0.6) is 5.75 Å². The van der Waals surface area contributed by atoms with Gasteiger partial charge in [0.05, 0.1) is 19.3 Å². The highest BCUT2D eigenvalue weighted by atomic mass is 16.5. The first-order chi connectivity index (χ1) is 13.3. The predicted molar refractivity (Wildman–Crippen MR) is 117 cm³/mol. The maximum atomic E-state index is 11.4. The van der Waals surface area contributed by atoms with Crippen molar-refractivity contribution < 1.29 is 9.53 Å². The number of nitrogens with zero attached hydrogens (tertiary/aromatic N) is 2. The Labute approximate surface area is 169 Å². The molecule has 0 fully saturated rings. The van der Waals surface area contributed by atoms with E-state index in [1.807, 2.05) is 25.1 Å². The Hall–Kier alpha value is -2.28. The number of guanidine groups is 1. The lowest BCUT2D eigenvalue weighted by Crippen LogP contribution is -2.45. The summed E-state index contributed by atoms with van der Waals surface area (Å²) in [6.45, 7) is 15.5. The topological polar surface area (TPSA) is 78.0 Å². The predicted octanol–water partition coefficient (Wildman–Crippen LogP) is 2.83. The number of carbonyl (C=O) groups excluding carboxylic acids is 1. The van der Waals surface area contributed by atoms with Crippen molar-refractivity contribution in [3.05, 3.63) is 23.8 Å². The molecule has 0 radical (unpaired) electrons. The summed E-state index contributed by atoms with van der Waals surface area (Å²) in [6.07, 6.45) is 0. The van der Waals surface area contributed by atoms with Gasteiger partial charge in [-0.1, -0.05) is 6.07 Å². The quantitative estimate of drug-likeness (QED) is 0.422. The van der Waals surface area contributed by atoms with Crippen LogP contribution < -0.4 is 20.7 Å². The fourth-order valence-corrected chi connectivity index (χ4v) is 3.07. The van der Waals surface area contributed by atoms with Gasteiger partial charge in [0.25, 0.3) is 0 Å². The first-order valence-corrected chi connectivity index (χ1v) is 10.0. The van der Waals surface area contributed by atoms with Gasteiger partial charge in [-0.3, -0.25) is 9.69 Å². The molecule has 0 aliphatic heterocycles. The number of hydrogen-bond donors (Lipinski definition) is 3. The normalized spacial score (nSPS) is 11.9. The summed E-state index contributed by atoms with van der Waals surface area (Å²) in [6, 6.07) is 6.71. The van der Waals surface area contributed by atoms with Crippen LogP contribution in [0.15, 0.2) is 23.2 Å². The zero-order valence-electron chi connectivity index (χ0n) is 18.4. The first kappa shape index (κ1) is 23.8. The summed E-state index contributed by atoms with van der Waals surface area (Å²) in [5.41, 5.74) is 1.65. The van der Waals surface area contributed by atoms with E-state index in [-0.39, 0.29) is 5.91 Å². The average molecular weight is 392 g/mol. The monoisotopic (exact) mass is 391 g/mol. The van der Waals surface area contributed by atoms with Crippen LogP contribution in [0, 0.1) is 0 Å². The molecule has 3 N–H and O–H groups in total. The molecule has 7 nitrogen and oxygen atoms in total. The number of carbonyl (C=O) groups is 1. The molecule has 1 aromatic carbocycles. The molecule has 0 aliphatic carbocycles. The lowest BCUT2D eigenvalue weighted by atomic mass is 10.2. The summed E-state index contributed by atoms with van der Waals surface area (Å²) in [7, 11) is 1.59. The molecule has 0 heterocycles. The van der Waals surface area contributed by atoms with Gasteiger partial charge in [0.1, 0.15) is 5.75 Å². The zero-order valence-corrected chi connectivity index (χ0v) is 18.4. The van der Waals surface area contributed by atoms with Gasteiger partial charge in [0, 0.05) is 38.6 Å². The number of rotatable bonds is 10. The molecule has 1 rings (SSSR count). The fourth-order valence-electron chi connectivity index (χ4n) is 3.07. The van der Waals surface area contributed by atoms with Gasteiger partial charge in [-0.05, 0) is 52.3 Å². The SMILES string of the molecule is CCNC(=NCc1ccc(OC)c(NC(C)=O)c1)NCCN(C(C)C)C(C)C. The molecule has 0 unspecified atom stereocenters. The van der Waals surface area contributed by atoms with Crippen LogP contribution in [0.25, 0.3) is 0 Å². The van der Waals surface area contributed by atoms with Crippen LogP contribution in [-0.4, -0.2) is 55.6 Å². The molecular weight excluding hydrogens is 354 g/mol. The minimum atomic E-state index is -0.131. The van der Waals surface area contributed by atoms with E-state index in [1.165, 1.54) is 6.92 Å². The van der Waals surface area contributed by atoms with E-state index in [0.29, 0.717) is 30.1 Å². The molecule has 0 atom stereocenters. The van der Waals surface area contributed by atoms with Crippen LogP contribution in [0.1, 0.15) is 47.1 Å². The van der Waals surface area contributed by atoms with E-state index >= 15 is 0 Å². The van der Waals surface area contributed by atoms with Gasteiger partial charge in [-0.25, -0.2) is 4.99 Å². The molecule has 0 aromatic heterocycles. The van der Waals surface area contributed by atoms with E-state index < -0.39 is 0 Å². The third kappa shape index (κ3) is 8.17. The number of nitrogens with one attached hydrogen (secondary N) is 3. The van der Waals surface area contributed by atoms with E-state index in [9.17, 15) is 4.79 Å². The van der Waals surface area contributed by atoms with Crippen LogP contribution in [0.2, 0.25) is 0 Å². The maximum absolute atomic E-state index is 11.4. The smallest absolute Gasteiger partial charge is 0.221 e. The third-order valence-electron chi connectivity index (χ3n) is 4.33. The van der Waals surface area contributed by atoms with Gasteiger partial charge in [-0.2, -0.15) is 0 Å². The summed E-state index contributed by atoms with van der Waals surface area (Å²) in [5, 5.41) is 9.48. The van der Waals surface area contributed by atoms with Crippen molar-refractivity contribution in [2.45, 2.75) is 60.2 Å². The van der Waals surface area contributed by atoms with Gasteiger partial charge in [0.15, 0.2) is 5.96 Å². The Morgan fingerprint density at radius 2 is 1.86 bits per heavy atom. The fraction of sp³-hybridized carbons (Fsp3) is 0.619. The van der Waals surface area contributed by atoms with E-state index in [0.717, 1.165) is 31.2 Å². The number of methoxy groups -OCH3 is 1. The minimum Gasteiger partial charge on any atom is -0.495 e. The van der Waals surface area contributed by atoms with Gasteiger partial charge in [0.2, 0.25) is 5.91 Å². The van der Waals surface area contributed by atoms with Gasteiger partial charge < -0.3 is 20.7 Å². The molecule has 158 valence electrons. The second-order valence-electron chi connectivity index (χ2n) is 7.26. The minimum absolute atomic E-state index is 0.131. The van der Waals surface area contributed by atoms with E-state index in [2.05, 4.69) is 53.5 Å². The van der Waals surface area contributed by atoms with Crippen LogP contribution >= 0.6 is 0 Å². The van der Waals surface area contributed by atoms with Crippen molar-refractivity contribution in [2.24, 2.45) is 4.99 Å². The number of ether oxygens (including phenoxy) is 1. The molecule has 1 aromatic rings. The lowest BCUT2D eigenvalue weighted by Gasteiger charge is -2.30. The van der Waals surface area contributed by atoms with Crippen molar-refractivity contribution in [1.29, 1.82) is 0 Å². The molecule has 7 heteroatoms. The van der Waals surface area contributed by atoms with Crippen LogP contribution in [0.4, 0.5) is 5.69 Å². The Kier molecular flexibility index (Phi) is 10.4. The summed E-state index contributed by atoms with van der Waals surface area (Å²) >= 11 is 0. The Bertz CT molecular complexity index is 636. The largest absolute Gasteiger partial charge is 0.495 e. The molecular formula is C21H37N5O2. The van der Waals surface area contributed by atoms with Gasteiger partial charge >= 0.3 is 0 Å². The van der Waals surface area contributed by atoms with Crippen molar-refractivity contribution in [1.82, 2.24) is 15.5 Å². The highest BCUT2D eigenvalue weighted by Crippen LogP contribution is 2.25. The summed E-state index contributed by atoms with van der Waals surface area (Å²) in [4.78, 5) is 18.5. The number of benzene rings is 1. The van der Waals surface area contributed by atoms with Crippen molar-refractivity contribution in [2.75, 3.05) is 32.1 Å².